The summed E-state index contributed by atoms with van der Waals surface area (Å²) in [4.78, 5) is 23.8. The van der Waals surface area contributed by atoms with Gasteiger partial charge < -0.3 is 29.3 Å². The number of carbonyl (C=O) groups excluding carboxylic acids is 2. The molecule has 162 valence electrons. The Labute approximate surface area is 169 Å². The second kappa shape index (κ2) is 8.44. The molecule has 0 radical (unpaired) electrons. The highest BCUT2D eigenvalue weighted by Crippen LogP contribution is 2.45. The molecule has 0 spiro atoms. The van der Waals surface area contributed by atoms with Gasteiger partial charge in [0.15, 0.2) is 8.32 Å². The van der Waals surface area contributed by atoms with Gasteiger partial charge in [0.05, 0.1) is 5.97 Å². The highest BCUT2D eigenvalue weighted by atomic mass is 28.4. The number of carbonyl (C=O) groups is 2. The van der Waals surface area contributed by atoms with Gasteiger partial charge >= 0.3 is 0 Å². The number of carboxylic acids is 2. The monoisotopic (exact) mass is 412 g/mol. The number of carboxylic acid groups (broad SMARTS) is 2. The van der Waals surface area contributed by atoms with Gasteiger partial charge in [0.1, 0.15) is 5.60 Å². The Kier molecular flexibility index (Phi) is 7.04. The van der Waals surface area contributed by atoms with Crippen LogP contribution in [0.4, 0.5) is 0 Å². The minimum absolute atomic E-state index is 0.0575. The van der Waals surface area contributed by atoms with Gasteiger partial charge in [-0.1, -0.05) is 33.6 Å². The van der Waals surface area contributed by atoms with Crippen molar-refractivity contribution in [2.24, 2.45) is 17.8 Å². The second-order valence-electron chi connectivity index (χ2n) is 10.3. The van der Waals surface area contributed by atoms with Crippen LogP contribution in [-0.4, -0.2) is 37.1 Å². The smallest absolute Gasteiger partial charge is 0.192 e. The Morgan fingerprint density at radius 3 is 1.89 bits per heavy atom. The van der Waals surface area contributed by atoms with Crippen molar-refractivity contribution in [3.63, 3.8) is 0 Å². The first-order chi connectivity index (χ1) is 12.8. The maximum Gasteiger partial charge on any atom is 0.192 e. The van der Waals surface area contributed by atoms with Crippen molar-refractivity contribution in [1.82, 2.24) is 0 Å². The molecule has 0 aromatic rings. The normalized spacial score (nSPS) is 27.9. The lowest BCUT2D eigenvalue weighted by Gasteiger charge is -2.48. The van der Waals surface area contributed by atoms with Crippen molar-refractivity contribution in [2.75, 3.05) is 0 Å². The SMILES string of the molecule is CC(C)(C)[Si](C)(C)OC1CCC(C(C(=O)[O-])C(O)(C(=O)[O-])C2CCCC2)CC1. The molecular weight excluding hydrogens is 376 g/mol. The Morgan fingerprint density at radius 2 is 1.50 bits per heavy atom. The number of rotatable bonds is 7. The molecular formula is C21H36O6Si-2. The van der Waals surface area contributed by atoms with Gasteiger partial charge in [0.2, 0.25) is 0 Å². The van der Waals surface area contributed by atoms with Crippen molar-refractivity contribution >= 4 is 20.3 Å². The van der Waals surface area contributed by atoms with E-state index in [2.05, 4.69) is 33.9 Å². The lowest BCUT2D eigenvalue weighted by molar-refractivity contribution is -0.348. The fourth-order valence-corrected chi connectivity index (χ4v) is 6.20. The lowest BCUT2D eigenvalue weighted by atomic mass is 9.66. The minimum atomic E-state index is -2.35. The van der Waals surface area contributed by atoms with Crippen LogP contribution in [0.1, 0.15) is 72.1 Å². The van der Waals surface area contributed by atoms with Gasteiger partial charge in [-0.25, -0.2) is 0 Å². The summed E-state index contributed by atoms with van der Waals surface area (Å²) in [6.07, 6.45) is 5.06. The Morgan fingerprint density at radius 1 is 1.00 bits per heavy atom. The van der Waals surface area contributed by atoms with Gasteiger partial charge in [0, 0.05) is 18.0 Å². The molecule has 0 aromatic carbocycles. The summed E-state index contributed by atoms with van der Waals surface area (Å²) in [5.74, 6) is -5.61. The molecule has 6 nitrogen and oxygen atoms in total. The number of aliphatic hydroxyl groups is 1. The average Bonchev–Trinajstić information content (AvgIpc) is 3.09. The molecule has 2 aliphatic carbocycles. The molecule has 7 heteroatoms. The third-order valence-electron chi connectivity index (χ3n) is 7.49. The molecule has 2 aliphatic rings. The van der Waals surface area contributed by atoms with E-state index in [1.54, 1.807) is 0 Å². The summed E-state index contributed by atoms with van der Waals surface area (Å²) in [5, 5.41) is 35.0. The van der Waals surface area contributed by atoms with Crippen LogP contribution in [0.15, 0.2) is 0 Å². The average molecular weight is 413 g/mol. The largest absolute Gasteiger partial charge is 0.550 e. The summed E-state index contributed by atoms with van der Waals surface area (Å²) in [6, 6.07) is 0. The van der Waals surface area contributed by atoms with Crippen molar-refractivity contribution in [1.29, 1.82) is 0 Å². The summed E-state index contributed by atoms with van der Waals surface area (Å²) < 4.78 is 6.45. The molecule has 2 unspecified atom stereocenters. The van der Waals surface area contributed by atoms with Gasteiger partial charge in [0.25, 0.3) is 0 Å². The fraction of sp³-hybridized carbons (Fsp3) is 0.905. The number of hydrogen-bond acceptors (Lipinski definition) is 6. The highest BCUT2D eigenvalue weighted by Gasteiger charge is 2.50. The van der Waals surface area contributed by atoms with Crippen molar-refractivity contribution in [2.45, 2.75) is 102 Å². The van der Waals surface area contributed by atoms with Crippen LogP contribution in [0.5, 0.6) is 0 Å². The summed E-state index contributed by atoms with van der Waals surface area (Å²) in [5.41, 5.74) is -2.35. The molecule has 1 N–H and O–H groups in total. The van der Waals surface area contributed by atoms with Gasteiger partial charge in [-0.05, 0) is 68.5 Å². The van der Waals surface area contributed by atoms with Crippen LogP contribution in [0, 0.1) is 17.8 Å². The van der Waals surface area contributed by atoms with E-state index < -0.39 is 43.6 Å². The maximum absolute atomic E-state index is 12.0. The molecule has 2 rings (SSSR count). The first-order valence-corrected chi connectivity index (χ1v) is 13.5. The van der Waals surface area contributed by atoms with Crippen LogP contribution in [-0.2, 0) is 14.0 Å². The van der Waals surface area contributed by atoms with Crippen molar-refractivity contribution in [3.8, 4) is 0 Å². The number of aliphatic carboxylic acids is 2. The van der Waals surface area contributed by atoms with Crippen LogP contribution < -0.4 is 10.2 Å². The fourth-order valence-electron chi connectivity index (χ4n) is 4.78. The van der Waals surface area contributed by atoms with Crippen LogP contribution >= 0.6 is 0 Å². The topological polar surface area (TPSA) is 110 Å². The molecule has 0 bridgehead atoms. The molecule has 2 atom stereocenters. The van der Waals surface area contributed by atoms with Crippen LogP contribution in [0.3, 0.4) is 0 Å². The molecule has 0 heterocycles. The minimum Gasteiger partial charge on any atom is -0.550 e. The molecule has 0 aliphatic heterocycles. The predicted molar refractivity (Wildman–Crippen MR) is 104 cm³/mol. The van der Waals surface area contributed by atoms with E-state index in [9.17, 15) is 24.9 Å². The van der Waals surface area contributed by atoms with Crippen molar-refractivity contribution in [3.05, 3.63) is 0 Å². The van der Waals surface area contributed by atoms with Crippen molar-refractivity contribution < 1.29 is 29.3 Å². The first kappa shape index (κ1) is 23.4. The van der Waals surface area contributed by atoms with Crippen LogP contribution in [0.25, 0.3) is 0 Å². The number of hydrogen-bond donors (Lipinski definition) is 1. The standard InChI is InChI=1S/C21H38O6Si/c1-20(2,3)28(4,5)27-16-12-10-14(11-13-16)17(18(22)23)21(26,19(24)25)15-8-6-7-9-15/h14-17,26H,6-13H2,1-5H3,(H,22,23)(H,24,25)/p-2. The molecule has 2 saturated carbocycles. The zero-order chi connectivity index (χ0) is 21.3. The van der Waals surface area contributed by atoms with E-state index in [0.29, 0.717) is 38.5 Å². The van der Waals surface area contributed by atoms with Gasteiger partial charge in [-0.2, -0.15) is 0 Å². The summed E-state index contributed by atoms with van der Waals surface area (Å²) in [7, 11) is -1.92. The first-order valence-electron chi connectivity index (χ1n) is 10.6. The van der Waals surface area contributed by atoms with Gasteiger partial charge in [-0.15, -0.1) is 0 Å². The molecule has 0 saturated heterocycles. The summed E-state index contributed by atoms with van der Waals surface area (Å²) in [6.45, 7) is 10.9. The maximum atomic E-state index is 12.0. The zero-order valence-corrected chi connectivity index (χ0v) is 19.0. The molecule has 2 fully saturated rings. The Bertz CT molecular complexity index is 570. The van der Waals surface area contributed by atoms with E-state index >= 15 is 0 Å². The zero-order valence-electron chi connectivity index (χ0n) is 18.0. The van der Waals surface area contributed by atoms with Crippen LogP contribution in [0.2, 0.25) is 18.1 Å². The lowest BCUT2D eigenvalue weighted by Crippen LogP contribution is -2.64. The van der Waals surface area contributed by atoms with E-state index in [0.717, 1.165) is 12.8 Å². The van der Waals surface area contributed by atoms with E-state index in [4.69, 9.17) is 4.43 Å². The third kappa shape index (κ3) is 4.62. The Hall–Kier alpha value is -0.923. The summed E-state index contributed by atoms with van der Waals surface area (Å²) >= 11 is 0. The quantitative estimate of drug-likeness (QED) is 0.636. The molecule has 0 amide bonds. The highest BCUT2D eigenvalue weighted by molar-refractivity contribution is 6.74. The van der Waals surface area contributed by atoms with E-state index in [1.807, 2.05) is 0 Å². The predicted octanol–water partition coefficient (Wildman–Crippen LogP) is 1.60. The Balaban J connectivity index is 2.13. The van der Waals surface area contributed by atoms with E-state index in [1.165, 1.54) is 0 Å². The van der Waals surface area contributed by atoms with E-state index in [-0.39, 0.29) is 11.1 Å². The second-order valence-corrected chi connectivity index (χ2v) is 15.1. The third-order valence-corrected chi connectivity index (χ3v) is 12.0. The van der Waals surface area contributed by atoms with Gasteiger partial charge in [-0.3, -0.25) is 0 Å². The molecule has 0 aromatic heterocycles. The molecule has 28 heavy (non-hydrogen) atoms.